The number of amides is 3. The molecule has 2 atom stereocenters. The molecule has 2 unspecified atom stereocenters. The molecular weight excluding hydrogens is 490 g/mol. The van der Waals surface area contributed by atoms with Crippen molar-refractivity contribution >= 4 is 17.9 Å². The van der Waals surface area contributed by atoms with E-state index in [1.807, 2.05) is 26.0 Å². The Balaban J connectivity index is 2.36. The van der Waals surface area contributed by atoms with Gasteiger partial charge >= 0.3 is 6.09 Å². The van der Waals surface area contributed by atoms with Gasteiger partial charge in [0.05, 0.1) is 0 Å². The van der Waals surface area contributed by atoms with E-state index in [1.165, 1.54) is 25.7 Å². The van der Waals surface area contributed by atoms with Gasteiger partial charge in [0.15, 0.2) is 0 Å². The highest BCUT2D eigenvalue weighted by atomic mass is 16.6. The van der Waals surface area contributed by atoms with Gasteiger partial charge < -0.3 is 20.3 Å². The van der Waals surface area contributed by atoms with Gasteiger partial charge in [-0.25, -0.2) is 4.79 Å². The van der Waals surface area contributed by atoms with Crippen LogP contribution in [0.3, 0.4) is 0 Å². The van der Waals surface area contributed by atoms with Crippen LogP contribution < -0.4 is 10.6 Å². The number of unbranched alkanes of at least 4 members (excludes halogenated alkanes) is 5. The summed E-state index contributed by atoms with van der Waals surface area (Å²) in [5.41, 5.74) is 2.23. The van der Waals surface area contributed by atoms with Gasteiger partial charge in [0.1, 0.15) is 17.7 Å². The SMILES string of the molecule is CCCCCCCCN(C(=O)C(C)NC(=O)OC(C)(C)C)C(C(=O)NC1CCCCC1)c1cc(C)cc(C)c1. The Labute approximate surface area is 236 Å². The lowest BCUT2D eigenvalue weighted by Crippen LogP contribution is -2.53. The summed E-state index contributed by atoms with van der Waals surface area (Å²) < 4.78 is 5.40. The van der Waals surface area contributed by atoms with Crippen LogP contribution in [-0.2, 0) is 14.3 Å². The fraction of sp³-hybridized carbons (Fsp3) is 0.719. The predicted molar refractivity (Wildman–Crippen MR) is 158 cm³/mol. The van der Waals surface area contributed by atoms with Crippen LogP contribution in [0.1, 0.15) is 128 Å². The number of hydrogen-bond donors (Lipinski definition) is 2. The maximum atomic E-state index is 14.0. The number of ether oxygens (including phenoxy) is 1. The first-order chi connectivity index (χ1) is 18.4. The third kappa shape index (κ3) is 11.6. The Hall–Kier alpha value is -2.57. The van der Waals surface area contributed by atoms with Gasteiger partial charge in [-0.15, -0.1) is 0 Å². The van der Waals surface area contributed by atoms with Gasteiger partial charge in [-0.3, -0.25) is 9.59 Å². The molecule has 2 N–H and O–H groups in total. The molecular formula is C32H53N3O4. The maximum Gasteiger partial charge on any atom is 0.408 e. The van der Waals surface area contributed by atoms with E-state index >= 15 is 0 Å². The molecule has 7 heteroatoms. The van der Waals surface area contributed by atoms with Crippen molar-refractivity contribution in [3.8, 4) is 0 Å². The summed E-state index contributed by atoms with van der Waals surface area (Å²) >= 11 is 0. The summed E-state index contributed by atoms with van der Waals surface area (Å²) in [5, 5.41) is 5.98. The van der Waals surface area contributed by atoms with Crippen LogP contribution in [0, 0.1) is 13.8 Å². The van der Waals surface area contributed by atoms with E-state index in [4.69, 9.17) is 4.74 Å². The second-order valence-corrected chi connectivity index (χ2v) is 12.3. The minimum Gasteiger partial charge on any atom is -0.444 e. The average Bonchev–Trinajstić information content (AvgIpc) is 2.83. The minimum absolute atomic E-state index is 0.128. The lowest BCUT2D eigenvalue weighted by Gasteiger charge is -2.35. The first kappa shape index (κ1) is 32.6. The van der Waals surface area contributed by atoms with Crippen LogP contribution >= 0.6 is 0 Å². The van der Waals surface area contributed by atoms with Crippen LogP contribution in [0.25, 0.3) is 0 Å². The molecule has 0 aromatic heterocycles. The van der Waals surface area contributed by atoms with Gasteiger partial charge in [-0.2, -0.15) is 0 Å². The maximum absolute atomic E-state index is 14.0. The van der Waals surface area contributed by atoms with Gasteiger partial charge in [0, 0.05) is 12.6 Å². The lowest BCUT2D eigenvalue weighted by atomic mass is 9.94. The van der Waals surface area contributed by atoms with Crippen molar-refractivity contribution in [2.24, 2.45) is 0 Å². The summed E-state index contributed by atoms with van der Waals surface area (Å²) in [6, 6.07) is 4.61. The van der Waals surface area contributed by atoms with Crippen molar-refractivity contribution in [2.45, 2.75) is 143 Å². The normalized spacial score (nSPS) is 15.8. The average molecular weight is 544 g/mol. The number of rotatable bonds is 13. The first-order valence-electron chi connectivity index (χ1n) is 15.1. The van der Waals surface area contributed by atoms with E-state index in [0.717, 1.165) is 61.6 Å². The van der Waals surface area contributed by atoms with Crippen molar-refractivity contribution in [3.05, 3.63) is 34.9 Å². The molecule has 39 heavy (non-hydrogen) atoms. The Morgan fingerprint density at radius 2 is 1.54 bits per heavy atom. The molecule has 0 aliphatic heterocycles. The van der Waals surface area contributed by atoms with Crippen molar-refractivity contribution in [3.63, 3.8) is 0 Å². The zero-order valence-corrected chi connectivity index (χ0v) is 25.5. The molecule has 1 aromatic rings. The zero-order chi connectivity index (χ0) is 29.0. The van der Waals surface area contributed by atoms with E-state index < -0.39 is 23.8 Å². The molecule has 0 saturated heterocycles. The number of aryl methyl sites for hydroxylation is 2. The van der Waals surface area contributed by atoms with Crippen LogP contribution in [0.15, 0.2) is 18.2 Å². The fourth-order valence-corrected chi connectivity index (χ4v) is 5.39. The third-order valence-electron chi connectivity index (χ3n) is 7.21. The highest BCUT2D eigenvalue weighted by Crippen LogP contribution is 2.27. The first-order valence-corrected chi connectivity index (χ1v) is 15.1. The number of benzene rings is 1. The van der Waals surface area contributed by atoms with E-state index in [1.54, 1.807) is 32.6 Å². The molecule has 7 nitrogen and oxygen atoms in total. The highest BCUT2D eigenvalue weighted by Gasteiger charge is 2.35. The Bertz CT molecular complexity index is 914. The minimum atomic E-state index is -0.837. The number of nitrogens with one attached hydrogen (secondary N) is 2. The van der Waals surface area contributed by atoms with Crippen LogP contribution in [0.2, 0.25) is 0 Å². The predicted octanol–water partition coefficient (Wildman–Crippen LogP) is 6.90. The number of hydrogen-bond acceptors (Lipinski definition) is 4. The molecule has 1 aliphatic rings. The van der Waals surface area contributed by atoms with Gasteiger partial charge in [-0.05, 0) is 66.4 Å². The summed E-state index contributed by atoms with van der Waals surface area (Å²) in [7, 11) is 0. The van der Waals surface area contributed by atoms with Crippen molar-refractivity contribution < 1.29 is 19.1 Å². The lowest BCUT2D eigenvalue weighted by molar-refractivity contribution is -0.142. The molecule has 1 aromatic carbocycles. The van der Waals surface area contributed by atoms with Crippen LogP contribution in [0.5, 0.6) is 0 Å². The standard InChI is InChI=1S/C32H53N3O4/c1-8-9-10-11-12-16-19-35(30(37)25(4)33-31(38)39-32(5,6)7)28(26-21-23(2)20-24(3)22-26)29(36)34-27-17-14-13-15-18-27/h20-22,25,27-28H,8-19H2,1-7H3,(H,33,38)(H,34,36). The second kappa shape index (κ2) is 15.9. The molecule has 0 heterocycles. The highest BCUT2D eigenvalue weighted by molar-refractivity contribution is 5.92. The summed E-state index contributed by atoms with van der Waals surface area (Å²) in [6.07, 6.45) is 11.1. The Morgan fingerprint density at radius 1 is 0.949 bits per heavy atom. The molecule has 220 valence electrons. The molecule has 0 bridgehead atoms. The molecule has 3 amide bonds. The molecule has 1 fully saturated rings. The smallest absolute Gasteiger partial charge is 0.408 e. The van der Waals surface area contributed by atoms with E-state index in [2.05, 4.69) is 23.6 Å². The quantitative estimate of drug-likeness (QED) is 0.265. The zero-order valence-electron chi connectivity index (χ0n) is 25.5. The van der Waals surface area contributed by atoms with Crippen LogP contribution in [0.4, 0.5) is 4.79 Å². The number of carbonyl (C=O) groups is 3. The topological polar surface area (TPSA) is 87.7 Å². The molecule has 0 radical (unpaired) electrons. The summed E-state index contributed by atoms with van der Waals surface area (Å²) in [5.74, 6) is -0.423. The third-order valence-corrected chi connectivity index (χ3v) is 7.21. The summed E-state index contributed by atoms with van der Waals surface area (Å²) in [4.78, 5) is 42.1. The molecule has 2 rings (SSSR count). The van der Waals surface area contributed by atoms with Crippen LogP contribution in [-0.4, -0.2) is 47.0 Å². The van der Waals surface area contributed by atoms with Gasteiger partial charge in [-0.1, -0.05) is 87.6 Å². The van der Waals surface area contributed by atoms with Gasteiger partial charge in [0.25, 0.3) is 0 Å². The number of nitrogens with zero attached hydrogens (tertiary/aromatic N) is 1. The van der Waals surface area contributed by atoms with Crippen molar-refractivity contribution in [1.29, 1.82) is 0 Å². The van der Waals surface area contributed by atoms with Gasteiger partial charge in [0.2, 0.25) is 11.8 Å². The molecule has 1 saturated carbocycles. The molecule has 0 spiro atoms. The van der Waals surface area contributed by atoms with Crippen molar-refractivity contribution in [2.75, 3.05) is 6.54 Å². The van der Waals surface area contributed by atoms with Crippen molar-refractivity contribution in [1.82, 2.24) is 15.5 Å². The fourth-order valence-electron chi connectivity index (χ4n) is 5.39. The molecule has 1 aliphatic carbocycles. The van der Waals surface area contributed by atoms with E-state index in [0.29, 0.717) is 6.54 Å². The number of alkyl carbamates (subject to hydrolysis) is 1. The monoisotopic (exact) mass is 543 g/mol. The van der Waals surface area contributed by atoms with E-state index in [-0.39, 0.29) is 17.9 Å². The largest absolute Gasteiger partial charge is 0.444 e. The van der Waals surface area contributed by atoms with E-state index in [9.17, 15) is 14.4 Å². The summed E-state index contributed by atoms with van der Waals surface area (Å²) in [6.45, 7) is 13.7. The number of carbonyl (C=O) groups excluding carboxylic acids is 3. The Kier molecular flexibility index (Phi) is 13.3. The second-order valence-electron chi connectivity index (χ2n) is 12.3. The Morgan fingerprint density at radius 3 is 2.13 bits per heavy atom.